The first kappa shape index (κ1) is 12.8. The molecule has 0 bridgehead atoms. The van der Waals surface area contributed by atoms with Crippen LogP contribution in [0.3, 0.4) is 0 Å². The Labute approximate surface area is 107 Å². The van der Waals surface area contributed by atoms with Crippen LogP contribution in [-0.2, 0) is 4.74 Å². The Balaban J connectivity index is 2.07. The number of anilines is 1. The second-order valence-corrected chi connectivity index (χ2v) is 4.67. The number of nitrogens with two attached hydrogens (primary N) is 1. The van der Waals surface area contributed by atoms with Gasteiger partial charge in [0.15, 0.2) is 0 Å². The molecule has 0 spiro atoms. The maximum Gasteiger partial charge on any atom is 0.139 e. The SMILES string of the molecule is COCC1CCN(c2ncccc2C(=N)N)CC1. The summed E-state index contributed by atoms with van der Waals surface area (Å²) in [6.45, 7) is 2.73. The van der Waals surface area contributed by atoms with Gasteiger partial charge in [-0.15, -0.1) is 0 Å². The molecule has 5 heteroatoms. The average molecular weight is 248 g/mol. The first-order chi connectivity index (χ1) is 8.72. The van der Waals surface area contributed by atoms with Crippen LogP contribution in [0.15, 0.2) is 18.3 Å². The van der Waals surface area contributed by atoms with Crippen molar-refractivity contribution in [1.29, 1.82) is 5.41 Å². The van der Waals surface area contributed by atoms with Gasteiger partial charge < -0.3 is 15.4 Å². The summed E-state index contributed by atoms with van der Waals surface area (Å²) in [6, 6.07) is 3.67. The van der Waals surface area contributed by atoms with E-state index in [1.165, 1.54) is 0 Å². The van der Waals surface area contributed by atoms with Crippen molar-refractivity contribution in [3.63, 3.8) is 0 Å². The van der Waals surface area contributed by atoms with E-state index >= 15 is 0 Å². The number of aromatic nitrogens is 1. The molecule has 0 saturated carbocycles. The quantitative estimate of drug-likeness (QED) is 0.620. The Bertz CT molecular complexity index is 413. The first-order valence-electron chi connectivity index (χ1n) is 6.25. The number of nitrogen functional groups attached to an aromatic ring is 1. The lowest BCUT2D eigenvalue weighted by Gasteiger charge is -2.33. The van der Waals surface area contributed by atoms with Gasteiger partial charge in [-0.25, -0.2) is 4.98 Å². The Morgan fingerprint density at radius 2 is 2.28 bits per heavy atom. The van der Waals surface area contributed by atoms with Crippen LogP contribution >= 0.6 is 0 Å². The maximum atomic E-state index is 7.59. The third-order valence-corrected chi connectivity index (χ3v) is 3.39. The van der Waals surface area contributed by atoms with E-state index in [0.717, 1.165) is 43.9 Å². The van der Waals surface area contributed by atoms with Crippen LogP contribution < -0.4 is 10.6 Å². The van der Waals surface area contributed by atoms with E-state index < -0.39 is 0 Å². The largest absolute Gasteiger partial charge is 0.384 e. The molecule has 2 heterocycles. The minimum atomic E-state index is 0.0807. The van der Waals surface area contributed by atoms with Crippen molar-refractivity contribution in [2.45, 2.75) is 12.8 Å². The van der Waals surface area contributed by atoms with Gasteiger partial charge in [-0.05, 0) is 30.9 Å². The lowest BCUT2D eigenvalue weighted by Crippen LogP contribution is -2.36. The molecule has 0 amide bonds. The van der Waals surface area contributed by atoms with E-state index in [9.17, 15) is 0 Å². The number of nitrogens with zero attached hydrogens (tertiary/aromatic N) is 2. The second-order valence-electron chi connectivity index (χ2n) is 4.67. The second kappa shape index (κ2) is 5.82. The van der Waals surface area contributed by atoms with Gasteiger partial charge in [0.1, 0.15) is 11.7 Å². The molecular formula is C13H20N4O. The molecule has 0 aliphatic carbocycles. The highest BCUT2D eigenvalue weighted by Crippen LogP contribution is 2.24. The third kappa shape index (κ3) is 2.79. The Kier molecular flexibility index (Phi) is 4.15. The van der Waals surface area contributed by atoms with Crippen molar-refractivity contribution in [2.75, 3.05) is 31.7 Å². The van der Waals surface area contributed by atoms with Crippen LogP contribution in [0, 0.1) is 11.3 Å². The summed E-state index contributed by atoms with van der Waals surface area (Å²) in [5.41, 5.74) is 6.32. The number of amidine groups is 1. The van der Waals surface area contributed by atoms with E-state index in [-0.39, 0.29) is 5.84 Å². The van der Waals surface area contributed by atoms with Crippen molar-refractivity contribution in [3.05, 3.63) is 23.9 Å². The van der Waals surface area contributed by atoms with Gasteiger partial charge in [-0.3, -0.25) is 5.41 Å². The molecule has 5 nitrogen and oxygen atoms in total. The van der Waals surface area contributed by atoms with E-state index in [1.54, 1.807) is 13.3 Å². The number of rotatable bonds is 4. The van der Waals surface area contributed by atoms with Gasteiger partial charge in [-0.2, -0.15) is 0 Å². The number of ether oxygens (including phenoxy) is 1. The summed E-state index contributed by atoms with van der Waals surface area (Å²) in [5, 5.41) is 7.59. The van der Waals surface area contributed by atoms with Gasteiger partial charge in [0.25, 0.3) is 0 Å². The molecule has 0 unspecified atom stereocenters. The third-order valence-electron chi connectivity index (χ3n) is 3.39. The number of hydrogen-bond donors (Lipinski definition) is 2. The molecule has 2 rings (SSSR count). The van der Waals surface area contributed by atoms with Crippen LogP contribution in [0.25, 0.3) is 0 Å². The number of piperidine rings is 1. The monoisotopic (exact) mass is 248 g/mol. The summed E-state index contributed by atoms with van der Waals surface area (Å²) in [6.07, 6.45) is 3.95. The molecule has 3 N–H and O–H groups in total. The zero-order valence-corrected chi connectivity index (χ0v) is 10.7. The van der Waals surface area contributed by atoms with Crippen molar-refractivity contribution < 1.29 is 4.74 Å². The maximum absolute atomic E-state index is 7.59. The molecule has 0 aromatic carbocycles. The normalized spacial score (nSPS) is 16.8. The fraction of sp³-hybridized carbons (Fsp3) is 0.538. The number of pyridine rings is 1. The molecule has 0 atom stereocenters. The predicted octanol–water partition coefficient (Wildman–Crippen LogP) is 1.23. The van der Waals surface area contributed by atoms with Crippen molar-refractivity contribution >= 4 is 11.7 Å². The van der Waals surface area contributed by atoms with E-state index in [2.05, 4.69) is 9.88 Å². The Morgan fingerprint density at radius 3 is 2.89 bits per heavy atom. The number of hydrogen-bond acceptors (Lipinski definition) is 4. The summed E-state index contributed by atoms with van der Waals surface area (Å²) >= 11 is 0. The average Bonchev–Trinajstić information content (AvgIpc) is 2.40. The fourth-order valence-corrected chi connectivity index (χ4v) is 2.41. The zero-order chi connectivity index (χ0) is 13.0. The molecule has 1 aromatic rings. The van der Waals surface area contributed by atoms with Crippen LogP contribution in [0.2, 0.25) is 0 Å². The highest BCUT2D eigenvalue weighted by Gasteiger charge is 2.22. The van der Waals surface area contributed by atoms with Crippen LogP contribution in [0.5, 0.6) is 0 Å². The standard InChI is InChI=1S/C13H20N4O/c1-18-9-10-4-7-17(8-5-10)13-11(12(14)15)3-2-6-16-13/h2-3,6,10H,4-5,7-9H2,1H3,(H3,14,15). The van der Waals surface area contributed by atoms with E-state index in [1.807, 2.05) is 12.1 Å². The first-order valence-corrected chi connectivity index (χ1v) is 6.25. The lowest BCUT2D eigenvalue weighted by molar-refractivity contribution is 0.139. The molecule has 1 aliphatic rings. The Hall–Kier alpha value is -1.62. The van der Waals surface area contributed by atoms with Crippen molar-refractivity contribution in [1.82, 2.24) is 4.98 Å². The molecule has 1 fully saturated rings. The highest BCUT2D eigenvalue weighted by molar-refractivity contribution is 5.99. The van der Waals surface area contributed by atoms with E-state index in [0.29, 0.717) is 5.92 Å². The van der Waals surface area contributed by atoms with Gasteiger partial charge in [0.05, 0.1) is 5.56 Å². The van der Waals surface area contributed by atoms with Crippen LogP contribution in [0.4, 0.5) is 5.82 Å². The summed E-state index contributed by atoms with van der Waals surface area (Å²) in [7, 11) is 1.75. The highest BCUT2D eigenvalue weighted by atomic mass is 16.5. The summed E-state index contributed by atoms with van der Waals surface area (Å²) in [4.78, 5) is 6.58. The molecule has 18 heavy (non-hydrogen) atoms. The Morgan fingerprint density at radius 1 is 1.56 bits per heavy atom. The van der Waals surface area contributed by atoms with Crippen molar-refractivity contribution in [2.24, 2.45) is 11.7 Å². The van der Waals surface area contributed by atoms with Crippen LogP contribution in [-0.4, -0.2) is 37.6 Å². The molecule has 98 valence electrons. The molecular weight excluding hydrogens is 228 g/mol. The zero-order valence-electron chi connectivity index (χ0n) is 10.7. The number of nitrogens with one attached hydrogen (secondary N) is 1. The molecule has 1 aromatic heterocycles. The minimum absolute atomic E-state index is 0.0807. The summed E-state index contributed by atoms with van der Waals surface area (Å²) < 4.78 is 5.20. The lowest BCUT2D eigenvalue weighted by atomic mass is 9.97. The molecule has 1 aliphatic heterocycles. The molecule has 0 radical (unpaired) electrons. The summed E-state index contributed by atoms with van der Waals surface area (Å²) in [5.74, 6) is 1.55. The molecule has 1 saturated heterocycles. The van der Waals surface area contributed by atoms with Gasteiger partial charge in [0.2, 0.25) is 0 Å². The fourth-order valence-electron chi connectivity index (χ4n) is 2.41. The number of methoxy groups -OCH3 is 1. The van der Waals surface area contributed by atoms with Gasteiger partial charge in [-0.1, -0.05) is 0 Å². The van der Waals surface area contributed by atoms with Gasteiger partial charge in [0, 0.05) is 33.0 Å². The minimum Gasteiger partial charge on any atom is -0.384 e. The predicted molar refractivity (Wildman–Crippen MR) is 72.1 cm³/mol. The van der Waals surface area contributed by atoms with Crippen LogP contribution in [0.1, 0.15) is 18.4 Å². The van der Waals surface area contributed by atoms with Gasteiger partial charge >= 0.3 is 0 Å². The topological polar surface area (TPSA) is 75.2 Å². The van der Waals surface area contributed by atoms with E-state index in [4.69, 9.17) is 15.9 Å². The smallest absolute Gasteiger partial charge is 0.139 e. The van der Waals surface area contributed by atoms with Crippen molar-refractivity contribution in [3.8, 4) is 0 Å².